The topological polar surface area (TPSA) is 52.6 Å². The van der Waals surface area contributed by atoms with E-state index in [1.807, 2.05) is 12.2 Å². The van der Waals surface area contributed by atoms with E-state index in [2.05, 4.69) is 13.8 Å². The van der Waals surface area contributed by atoms with Crippen LogP contribution >= 0.6 is 0 Å². The first-order chi connectivity index (χ1) is 11.2. The average Bonchev–Trinajstić information content (AvgIpc) is 2.81. The zero-order valence-electron chi connectivity index (χ0n) is 14.5. The van der Waals surface area contributed by atoms with Gasteiger partial charge in [0.2, 0.25) is 0 Å². The van der Waals surface area contributed by atoms with E-state index in [-0.39, 0.29) is 11.9 Å². The van der Waals surface area contributed by atoms with Gasteiger partial charge in [-0.25, -0.2) is 4.79 Å². The van der Waals surface area contributed by atoms with E-state index < -0.39 is 5.92 Å². The van der Waals surface area contributed by atoms with Crippen LogP contribution in [0.15, 0.2) is 23.8 Å². The highest BCUT2D eigenvalue weighted by atomic mass is 16.5. The Balaban J connectivity index is 2.56. The summed E-state index contributed by atoms with van der Waals surface area (Å²) in [5.74, 6) is -1.20. The number of allylic oxidation sites excluding steroid dienone is 3. The van der Waals surface area contributed by atoms with Crippen LogP contribution in [-0.2, 0) is 19.1 Å². The maximum Gasteiger partial charge on any atom is 0.334 e. The van der Waals surface area contributed by atoms with Gasteiger partial charge in [0.05, 0.1) is 24.7 Å². The van der Waals surface area contributed by atoms with Gasteiger partial charge in [0.1, 0.15) is 0 Å². The van der Waals surface area contributed by atoms with Crippen LogP contribution in [0.3, 0.4) is 0 Å². The van der Waals surface area contributed by atoms with Crippen LogP contribution in [0, 0.1) is 5.92 Å². The summed E-state index contributed by atoms with van der Waals surface area (Å²) in [7, 11) is 0. The molecule has 0 aliphatic heterocycles. The predicted molar refractivity (Wildman–Crippen MR) is 90.9 cm³/mol. The summed E-state index contributed by atoms with van der Waals surface area (Å²) in [6, 6.07) is 0. The summed E-state index contributed by atoms with van der Waals surface area (Å²) in [5, 5.41) is 0. The highest BCUT2D eigenvalue weighted by Crippen LogP contribution is 2.24. The first kappa shape index (κ1) is 19.5. The first-order valence-corrected chi connectivity index (χ1v) is 8.91. The minimum absolute atomic E-state index is 0.304. The second kappa shape index (κ2) is 11.9. The molecule has 0 radical (unpaired) electrons. The van der Waals surface area contributed by atoms with Gasteiger partial charge in [-0.15, -0.1) is 0 Å². The maximum absolute atomic E-state index is 12.3. The van der Waals surface area contributed by atoms with Gasteiger partial charge in [0.15, 0.2) is 0 Å². The number of carbonyl (C=O) groups is 2. The molecule has 0 saturated carbocycles. The molecule has 0 spiro atoms. The summed E-state index contributed by atoms with van der Waals surface area (Å²) >= 11 is 0. The van der Waals surface area contributed by atoms with Crippen LogP contribution in [0.1, 0.15) is 65.2 Å². The van der Waals surface area contributed by atoms with E-state index in [4.69, 9.17) is 9.47 Å². The van der Waals surface area contributed by atoms with Gasteiger partial charge in [0, 0.05) is 0 Å². The van der Waals surface area contributed by atoms with Crippen molar-refractivity contribution < 1.29 is 19.1 Å². The second-order valence-electron chi connectivity index (χ2n) is 5.90. The number of unbranched alkanes of at least 4 members (excludes halogenated alkanes) is 4. The third kappa shape index (κ3) is 7.49. The van der Waals surface area contributed by atoms with Crippen molar-refractivity contribution in [3.8, 4) is 0 Å². The highest BCUT2D eigenvalue weighted by molar-refractivity contribution is 5.96. The van der Waals surface area contributed by atoms with Crippen molar-refractivity contribution in [3.05, 3.63) is 23.8 Å². The largest absolute Gasteiger partial charge is 0.465 e. The molecule has 1 aliphatic carbocycles. The molecule has 0 heterocycles. The third-order valence-corrected chi connectivity index (χ3v) is 3.90. The first-order valence-electron chi connectivity index (χ1n) is 8.91. The molecule has 4 heteroatoms. The molecule has 0 aromatic heterocycles. The van der Waals surface area contributed by atoms with Crippen LogP contribution < -0.4 is 0 Å². The molecule has 1 aliphatic rings. The fourth-order valence-corrected chi connectivity index (χ4v) is 2.48. The van der Waals surface area contributed by atoms with Crippen molar-refractivity contribution in [3.63, 3.8) is 0 Å². The zero-order chi connectivity index (χ0) is 16.9. The third-order valence-electron chi connectivity index (χ3n) is 3.90. The Morgan fingerprint density at radius 2 is 1.70 bits per heavy atom. The summed E-state index contributed by atoms with van der Waals surface area (Å²) in [4.78, 5) is 24.6. The molecule has 4 nitrogen and oxygen atoms in total. The average molecular weight is 322 g/mol. The van der Waals surface area contributed by atoms with Crippen LogP contribution in [0.25, 0.3) is 0 Å². The standard InChI is InChI=1S/C19H30O4/c1-3-5-10-14-22-18(20)16-12-8-7-9-13-17(16)19(21)23-15-11-6-4-2/h7-8,12,17H,3-6,9-11,13-15H2,1-2H3. The molecule has 1 rings (SSSR count). The predicted octanol–water partition coefficient (Wildman–Crippen LogP) is 4.35. The Labute approximate surface area is 139 Å². The number of rotatable bonds is 10. The van der Waals surface area contributed by atoms with E-state index >= 15 is 0 Å². The molecule has 1 atom stereocenters. The molecule has 0 aromatic carbocycles. The number of hydrogen-bond donors (Lipinski definition) is 0. The molecule has 0 saturated heterocycles. The smallest absolute Gasteiger partial charge is 0.334 e. The van der Waals surface area contributed by atoms with Gasteiger partial charge in [-0.1, -0.05) is 57.8 Å². The van der Waals surface area contributed by atoms with Crippen molar-refractivity contribution in [2.24, 2.45) is 5.92 Å². The maximum atomic E-state index is 12.3. The fourth-order valence-electron chi connectivity index (χ4n) is 2.48. The van der Waals surface area contributed by atoms with Gasteiger partial charge >= 0.3 is 11.9 Å². The van der Waals surface area contributed by atoms with Crippen molar-refractivity contribution in [2.75, 3.05) is 13.2 Å². The number of ether oxygens (including phenoxy) is 2. The van der Waals surface area contributed by atoms with Crippen molar-refractivity contribution in [1.29, 1.82) is 0 Å². The molecule has 0 aromatic rings. The number of esters is 2. The van der Waals surface area contributed by atoms with E-state index in [1.54, 1.807) is 6.08 Å². The molecule has 0 fully saturated rings. The molecule has 0 N–H and O–H groups in total. The molecule has 1 unspecified atom stereocenters. The van der Waals surface area contributed by atoms with Gasteiger partial charge in [-0.3, -0.25) is 4.79 Å². The summed E-state index contributed by atoms with van der Waals surface area (Å²) in [6.07, 6.45) is 12.8. The molecular weight excluding hydrogens is 292 g/mol. The van der Waals surface area contributed by atoms with Gasteiger partial charge in [-0.05, 0) is 25.7 Å². The van der Waals surface area contributed by atoms with Crippen LogP contribution in [0.5, 0.6) is 0 Å². The molecule has 23 heavy (non-hydrogen) atoms. The Hall–Kier alpha value is -1.58. The lowest BCUT2D eigenvalue weighted by Crippen LogP contribution is -2.25. The van der Waals surface area contributed by atoms with Crippen molar-refractivity contribution in [2.45, 2.75) is 65.2 Å². The normalized spacial score (nSPS) is 17.3. The monoisotopic (exact) mass is 322 g/mol. The lowest BCUT2D eigenvalue weighted by molar-refractivity contribution is -0.151. The molecule has 0 amide bonds. The zero-order valence-corrected chi connectivity index (χ0v) is 14.5. The Bertz CT molecular complexity index is 423. The van der Waals surface area contributed by atoms with E-state index in [9.17, 15) is 9.59 Å². The fraction of sp³-hybridized carbons (Fsp3) is 0.684. The number of carbonyl (C=O) groups excluding carboxylic acids is 2. The second-order valence-corrected chi connectivity index (χ2v) is 5.90. The summed E-state index contributed by atoms with van der Waals surface area (Å²) in [5.41, 5.74) is 0.427. The van der Waals surface area contributed by atoms with E-state index in [1.165, 1.54) is 0 Å². The minimum atomic E-state index is -0.509. The number of hydrogen-bond acceptors (Lipinski definition) is 4. The van der Waals surface area contributed by atoms with Crippen LogP contribution in [0.2, 0.25) is 0 Å². The minimum Gasteiger partial charge on any atom is -0.465 e. The van der Waals surface area contributed by atoms with Gasteiger partial charge < -0.3 is 9.47 Å². The molecule has 130 valence electrons. The highest BCUT2D eigenvalue weighted by Gasteiger charge is 2.30. The SMILES string of the molecule is CCCCCOC(=O)C1=CC=CCCC1C(=O)OCCCCC. The molecule has 0 bridgehead atoms. The summed E-state index contributed by atoms with van der Waals surface area (Å²) < 4.78 is 10.7. The van der Waals surface area contributed by atoms with Crippen LogP contribution in [0.4, 0.5) is 0 Å². The van der Waals surface area contributed by atoms with Crippen molar-refractivity contribution >= 4 is 11.9 Å². The van der Waals surface area contributed by atoms with E-state index in [0.717, 1.165) is 44.9 Å². The lowest BCUT2D eigenvalue weighted by atomic mass is 9.95. The van der Waals surface area contributed by atoms with E-state index in [0.29, 0.717) is 25.2 Å². The van der Waals surface area contributed by atoms with Gasteiger partial charge in [0.25, 0.3) is 0 Å². The van der Waals surface area contributed by atoms with Crippen molar-refractivity contribution in [1.82, 2.24) is 0 Å². The molecular formula is C19H30O4. The summed E-state index contributed by atoms with van der Waals surface area (Å²) in [6.45, 7) is 5.04. The Kier molecular flexibility index (Phi) is 10.1. The lowest BCUT2D eigenvalue weighted by Gasteiger charge is -2.17. The van der Waals surface area contributed by atoms with Crippen LogP contribution in [-0.4, -0.2) is 25.2 Å². The quantitative estimate of drug-likeness (QED) is 0.443. The van der Waals surface area contributed by atoms with Gasteiger partial charge in [-0.2, -0.15) is 0 Å². The Morgan fingerprint density at radius 1 is 1.04 bits per heavy atom. The Morgan fingerprint density at radius 3 is 2.35 bits per heavy atom.